The zero-order valence-corrected chi connectivity index (χ0v) is 9.84. The zero-order valence-electron chi connectivity index (χ0n) is 9.84. The van der Waals surface area contributed by atoms with Gasteiger partial charge < -0.3 is 14.8 Å². The number of morpholine rings is 1. The summed E-state index contributed by atoms with van der Waals surface area (Å²) in [5, 5.41) is 3.29. The molecular formula is C11H18N4O2. The van der Waals surface area contributed by atoms with Crippen LogP contribution in [0.4, 0.5) is 0 Å². The molecule has 0 aromatic rings. The molecule has 0 bridgehead atoms. The van der Waals surface area contributed by atoms with Crippen LogP contribution >= 0.6 is 0 Å². The molecule has 0 amide bonds. The van der Waals surface area contributed by atoms with E-state index >= 15 is 0 Å². The van der Waals surface area contributed by atoms with Crippen LogP contribution in [0.25, 0.3) is 0 Å². The molecule has 3 aliphatic rings. The third-order valence-corrected chi connectivity index (χ3v) is 3.23. The smallest absolute Gasteiger partial charge is 0.212 e. The van der Waals surface area contributed by atoms with Crippen molar-refractivity contribution in [3.8, 4) is 0 Å². The lowest BCUT2D eigenvalue weighted by Gasteiger charge is -2.32. The monoisotopic (exact) mass is 238 g/mol. The number of hydrogen-bond acceptors (Lipinski definition) is 6. The second-order valence-electron chi connectivity index (χ2n) is 4.40. The number of fused-ring (bicyclic) bond motifs is 1. The van der Waals surface area contributed by atoms with Gasteiger partial charge in [0.1, 0.15) is 18.8 Å². The largest absolute Gasteiger partial charge is 0.478 e. The first-order chi connectivity index (χ1) is 8.43. The Morgan fingerprint density at radius 2 is 2.18 bits per heavy atom. The van der Waals surface area contributed by atoms with Crippen molar-refractivity contribution in [3.63, 3.8) is 0 Å². The van der Waals surface area contributed by atoms with Crippen LogP contribution < -0.4 is 5.32 Å². The van der Waals surface area contributed by atoms with E-state index in [-0.39, 0.29) is 12.2 Å². The Bertz CT molecular complexity index is 325. The number of nitrogens with one attached hydrogen (secondary N) is 1. The SMILES string of the molecule is C1=NC2CNCCOC2=NC1N1CCOCC1. The number of aliphatic imine (C=N–C) groups is 2. The van der Waals surface area contributed by atoms with Crippen LogP contribution in [0.1, 0.15) is 0 Å². The first-order valence-corrected chi connectivity index (χ1v) is 6.20. The number of nitrogens with zero attached hydrogens (tertiary/aromatic N) is 3. The maximum Gasteiger partial charge on any atom is 0.212 e. The summed E-state index contributed by atoms with van der Waals surface area (Å²) in [6, 6.07) is 0.0646. The molecule has 0 radical (unpaired) electrons. The number of hydrogen-bond donors (Lipinski definition) is 1. The van der Waals surface area contributed by atoms with E-state index in [1.165, 1.54) is 0 Å². The second kappa shape index (κ2) is 5.12. The van der Waals surface area contributed by atoms with Crippen LogP contribution in [0, 0.1) is 0 Å². The van der Waals surface area contributed by atoms with E-state index in [0.717, 1.165) is 45.3 Å². The lowest BCUT2D eigenvalue weighted by molar-refractivity contribution is 0.0302. The van der Waals surface area contributed by atoms with Gasteiger partial charge in [0, 0.05) is 32.4 Å². The molecule has 94 valence electrons. The van der Waals surface area contributed by atoms with Gasteiger partial charge in [0.15, 0.2) is 0 Å². The summed E-state index contributed by atoms with van der Waals surface area (Å²) in [5.74, 6) is 0.786. The highest BCUT2D eigenvalue weighted by Gasteiger charge is 2.27. The molecule has 2 atom stereocenters. The third kappa shape index (κ3) is 2.48. The van der Waals surface area contributed by atoms with Crippen molar-refractivity contribution in [2.24, 2.45) is 9.98 Å². The molecular weight excluding hydrogens is 220 g/mol. The van der Waals surface area contributed by atoms with Crippen LogP contribution in [0.3, 0.4) is 0 Å². The normalized spacial score (nSPS) is 34.5. The highest BCUT2D eigenvalue weighted by molar-refractivity contribution is 5.88. The van der Waals surface area contributed by atoms with Crippen LogP contribution in [-0.2, 0) is 9.47 Å². The Morgan fingerprint density at radius 1 is 1.29 bits per heavy atom. The third-order valence-electron chi connectivity index (χ3n) is 3.23. The van der Waals surface area contributed by atoms with Crippen molar-refractivity contribution in [3.05, 3.63) is 0 Å². The van der Waals surface area contributed by atoms with Gasteiger partial charge in [-0.1, -0.05) is 0 Å². The quantitative estimate of drug-likeness (QED) is 0.644. The van der Waals surface area contributed by atoms with E-state index in [4.69, 9.17) is 9.47 Å². The molecule has 3 rings (SSSR count). The minimum Gasteiger partial charge on any atom is -0.478 e. The molecule has 0 aromatic heterocycles. The maximum atomic E-state index is 5.64. The molecule has 17 heavy (non-hydrogen) atoms. The fourth-order valence-electron chi connectivity index (χ4n) is 2.25. The van der Waals surface area contributed by atoms with Crippen molar-refractivity contribution >= 4 is 12.1 Å². The molecule has 2 fully saturated rings. The summed E-state index contributed by atoms with van der Waals surface area (Å²) in [7, 11) is 0. The fourth-order valence-corrected chi connectivity index (χ4v) is 2.25. The molecule has 0 spiro atoms. The summed E-state index contributed by atoms with van der Waals surface area (Å²) in [4.78, 5) is 11.5. The molecule has 0 aromatic carbocycles. The van der Waals surface area contributed by atoms with Gasteiger partial charge in [0.05, 0.1) is 13.2 Å². The van der Waals surface area contributed by atoms with Gasteiger partial charge in [-0.2, -0.15) is 0 Å². The topological polar surface area (TPSA) is 58.5 Å². The van der Waals surface area contributed by atoms with Crippen molar-refractivity contribution < 1.29 is 9.47 Å². The van der Waals surface area contributed by atoms with Crippen molar-refractivity contribution in [2.75, 3.05) is 46.0 Å². The Balaban J connectivity index is 1.70. The molecule has 0 aliphatic carbocycles. The minimum atomic E-state index is 0.0308. The van der Waals surface area contributed by atoms with Crippen molar-refractivity contribution in [1.29, 1.82) is 0 Å². The predicted octanol–water partition coefficient (Wildman–Crippen LogP) is -0.884. The van der Waals surface area contributed by atoms with Gasteiger partial charge >= 0.3 is 0 Å². The fraction of sp³-hybridized carbons (Fsp3) is 0.818. The first-order valence-electron chi connectivity index (χ1n) is 6.20. The van der Waals surface area contributed by atoms with E-state index in [2.05, 4.69) is 20.2 Å². The van der Waals surface area contributed by atoms with E-state index in [9.17, 15) is 0 Å². The standard InChI is InChI=1S/C11H18N4O2/c1-4-17-11-9(7-12-1)13-8-10(14-11)15-2-5-16-6-3-15/h8-10,12H,1-7H2. The van der Waals surface area contributed by atoms with Gasteiger partial charge in [-0.25, -0.2) is 4.99 Å². The number of ether oxygens (including phenoxy) is 2. The maximum absolute atomic E-state index is 5.64. The van der Waals surface area contributed by atoms with Crippen LogP contribution in [0.2, 0.25) is 0 Å². The highest BCUT2D eigenvalue weighted by Crippen LogP contribution is 2.12. The van der Waals surface area contributed by atoms with E-state index < -0.39 is 0 Å². The highest BCUT2D eigenvalue weighted by atomic mass is 16.5. The summed E-state index contributed by atoms with van der Waals surface area (Å²) in [6.45, 7) is 5.76. The molecule has 3 heterocycles. The van der Waals surface area contributed by atoms with Crippen LogP contribution in [0.15, 0.2) is 9.98 Å². The predicted molar refractivity (Wildman–Crippen MR) is 64.7 cm³/mol. The molecule has 1 N–H and O–H groups in total. The molecule has 6 heteroatoms. The van der Waals surface area contributed by atoms with Gasteiger partial charge in [-0.05, 0) is 0 Å². The van der Waals surface area contributed by atoms with Gasteiger partial charge in [-0.15, -0.1) is 0 Å². The summed E-state index contributed by atoms with van der Waals surface area (Å²) in [6.07, 6.45) is 1.97. The molecule has 6 nitrogen and oxygen atoms in total. The average molecular weight is 238 g/mol. The molecule has 2 unspecified atom stereocenters. The van der Waals surface area contributed by atoms with E-state index in [1.807, 2.05) is 6.21 Å². The van der Waals surface area contributed by atoms with Crippen molar-refractivity contribution in [1.82, 2.24) is 10.2 Å². The van der Waals surface area contributed by atoms with Crippen LogP contribution in [-0.4, -0.2) is 75.2 Å². The summed E-state index contributed by atoms with van der Waals surface area (Å²) in [5.41, 5.74) is 0. The van der Waals surface area contributed by atoms with Gasteiger partial charge in [0.2, 0.25) is 5.90 Å². The molecule has 2 saturated heterocycles. The number of rotatable bonds is 1. The second-order valence-corrected chi connectivity index (χ2v) is 4.40. The van der Waals surface area contributed by atoms with Crippen molar-refractivity contribution in [2.45, 2.75) is 12.2 Å². The Hall–Kier alpha value is -0.980. The van der Waals surface area contributed by atoms with Gasteiger partial charge in [0.25, 0.3) is 0 Å². The molecule has 3 aliphatic heterocycles. The Labute approximate surface area is 101 Å². The van der Waals surface area contributed by atoms with E-state index in [0.29, 0.717) is 6.61 Å². The molecule has 0 saturated carbocycles. The first kappa shape index (κ1) is 11.1. The summed E-state index contributed by atoms with van der Waals surface area (Å²) >= 11 is 0. The average Bonchev–Trinajstić information content (AvgIpc) is 2.64. The minimum absolute atomic E-state index is 0.0308. The lowest BCUT2D eigenvalue weighted by Crippen LogP contribution is -2.46. The summed E-state index contributed by atoms with van der Waals surface area (Å²) < 4.78 is 11.0. The lowest BCUT2D eigenvalue weighted by atomic mass is 10.2. The Morgan fingerprint density at radius 3 is 3.06 bits per heavy atom. The van der Waals surface area contributed by atoms with Crippen LogP contribution in [0.5, 0.6) is 0 Å². The Kier molecular flexibility index (Phi) is 3.35. The van der Waals surface area contributed by atoms with Gasteiger partial charge in [-0.3, -0.25) is 9.89 Å². The zero-order chi connectivity index (χ0) is 11.5. The van der Waals surface area contributed by atoms with E-state index in [1.54, 1.807) is 0 Å².